The Morgan fingerprint density at radius 1 is 1.12 bits per heavy atom. The van der Waals surface area contributed by atoms with E-state index in [4.69, 9.17) is 9.15 Å². The van der Waals surface area contributed by atoms with Gasteiger partial charge in [0.05, 0.1) is 28.7 Å². The third-order valence-electron chi connectivity index (χ3n) is 5.05. The van der Waals surface area contributed by atoms with Gasteiger partial charge in [-0.05, 0) is 70.0 Å². The van der Waals surface area contributed by atoms with Gasteiger partial charge in [-0.25, -0.2) is 4.98 Å². The van der Waals surface area contributed by atoms with E-state index < -0.39 is 0 Å². The number of halogens is 2. The van der Waals surface area contributed by atoms with Crippen molar-refractivity contribution in [2.75, 3.05) is 7.11 Å². The highest BCUT2D eigenvalue weighted by molar-refractivity contribution is 9.10. The summed E-state index contributed by atoms with van der Waals surface area (Å²) in [7, 11) is 1.46. The summed E-state index contributed by atoms with van der Waals surface area (Å²) >= 11 is 6.76. The minimum atomic E-state index is -0.335. The van der Waals surface area contributed by atoms with E-state index >= 15 is 0 Å². The number of aromatic hydroxyl groups is 1. The molecule has 9 heteroatoms. The molecule has 0 fully saturated rings. The van der Waals surface area contributed by atoms with Crippen LogP contribution in [0.25, 0.3) is 33.5 Å². The van der Waals surface area contributed by atoms with Crippen LogP contribution in [0.4, 0.5) is 0 Å². The van der Waals surface area contributed by atoms with Crippen LogP contribution in [0.15, 0.2) is 83.9 Å². The van der Waals surface area contributed by atoms with E-state index in [1.165, 1.54) is 18.0 Å². The molecule has 5 rings (SSSR count). The number of hydrogen-bond acceptors (Lipinski definition) is 6. The predicted octanol–water partition coefficient (Wildman–Crippen LogP) is 5.93. The average Bonchev–Trinajstić information content (AvgIpc) is 3.23. The molecule has 0 saturated heterocycles. The van der Waals surface area contributed by atoms with E-state index in [-0.39, 0.29) is 22.9 Å². The molecule has 0 amide bonds. The second-order valence-electron chi connectivity index (χ2n) is 7.16. The van der Waals surface area contributed by atoms with Crippen molar-refractivity contribution in [2.45, 2.75) is 0 Å². The van der Waals surface area contributed by atoms with Gasteiger partial charge in [0, 0.05) is 9.86 Å². The molecule has 164 valence electrons. The van der Waals surface area contributed by atoms with Gasteiger partial charge in [-0.15, -0.1) is 0 Å². The fourth-order valence-corrected chi connectivity index (χ4v) is 4.30. The Hall–Kier alpha value is -3.43. The zero-order chi connectivity index (χ0) is 23.1. The Labute approximate surface area is 204 Å². The second-order valence-corrected chi connectivity index (χ2v) is 8.93. The van der Waals surface area contributed by atoms with Crippen LogP contribution in [0.2, 0.25) is 0 Å². The average molecular weight is 569 g/mol. The molecule has 0 unspecified atom stereocenters. The Balaban J connectivity index is 1.72. The van der Waals surface area contributed by atoms with Crippen molar-refractivity contribution in [3.8, 4) is 23.1 Å². The standard InChI is InChI=1S/C24H15Br2N3O4/c1-32-20-9-13(8-17(26)22(20)30)12-27-29-23(28-18-5-3-2-4-16(18)24(29)31)21-11-14-10-15(25)6-7-19(14)33-21/h2-12,30H,1H3. The van der Waals surface area contributed by atoms with Gasteiger partial charge in [0.25, 0.3) is 5.56 Å². The van der Waals surface area contributed by atoms with Gasteiger partial charge < -0.3 is 14.3 Å². The summed E-state index contributed by atoms with van der Waals surface area (Å²) in [4.78, 5) is 18.0. The molecule has 5 aromatic rings. The number of para-hydroxylation sites is 1. The van der Waals surface area contributed by atoms with Crippen LogP contribution in [-0.2, 0) is 0 Å². The van der Waals surface area contributed by atoms with Crippen molar-refractivity contribution in [3.63, 3.8) is 0 Å². The molecular weight excluding hydrogens is 554 g/mol. The van der Waals surface area contributed by atoms with Crippen LogP contribution in [0.3, 0.4) is 0 Å². The Kier molecular flexibility index (Phi) is 5.51. The minimum absolute atomic E-state index is 0.0201. The highest BCUT2D eigenvalue weighted by Gasteiger charge is 2.17. The minimum Gasteiger partial charge on any atom is -0.503 e. The Bertz CT molecular complexity index is 1620. The zero-order valence-electron chi connectivity index (χ0n) is 17.1. The molecule has 2 aromatic heterocycles. The SMILES string of the molecule is COc1cc(C=Nn2c(-c3cc4cc(Br)ccc4o3)nc3ccccc3c2=O)cc(Br)c1O. The van der Waals surface area contributed by atoms with Crippen molar-refractivity contribution < 1.29 is 14.3 Å². The molecule has 7 nitrogen and oxygen atoms in total. The van der Waals surface area contributed by atoms with Gasteiger partial charge in [-0.3, -0.25) is 4.79 Å². The molecule has 0 radical (unpaired) electrons. The van der Waals surface area contributed by atoms with Gasteiger partial charge in [-0.2, -0.15) is 9.78 Å². The van der Waals surface area contributed by atoms with Crippen molar-refractivity contribution in [1.82, 2.24) is 9.66 Å². The molecule has 0 aliphatic rings. The third kappa shape index (κ3) is 3.94. The van der Waals surface area contributed by atoms with E-state index in [9.17, 15) is 9.90 Å². The number of fused-ring (bicyclic) bond motifs is 2. The molecule has 0 spiro atoms. The van der Waals surface area contributed by atoms with E-state index in [0.29, 0.717) is 32.3 Å². The van der Waals surface area contributed by atoms with Gasteiger partial charge in [0.15, 0.2) is 17.3 Å². The van der Waals surface area contributed by atoms with E-state index in [2.05, 4.69) is 41.9 Å². The predicted molar refractivity (Wildman–Crippen MR) is 134 cm³/mol. The number of benzene rings is 3. The number of furan rings is 1. The quantitative estimate of drug-likeness (QED) is 0.271. The highest BCUT2D eigenvalue weighted by Crippen LogP contribution is 2.35. The lowest BCUT2D eigenvalue weighted by molar-refractivity contribution is 0.372. The largest absolute Gasteiger partial charge is 0.503 e. The van der Waals surface area contributed by atoms with Gasteiger partial charge in [0.1, 0.15) is 5.58 Å². The maximum Gasteiger partial charge on any atom is 0.282 e. The van der Waals surface area contributed by atoms with Crippen molar-refractivity contribution in [1.29, 1.82) is 0 Å². The highest BCUT2D eigenvalue weighted by atomic mass is 79.9. The maximum absolute atomic E-state index is 13.3. The fraction of sp³-hybridized carbons (Fsp3) is 0.0417. The molecule has 3 aromatic carbocycles. The van der Waals surface area contributed by atoms with Crippen LogP contribution < -0.4 is 10.3 Å². The number of rotatable bonds is 4. The first-order chi connectivity index (χ1) is 15.9. The number of aromatic nitrogens is 2. The van der Waals surface area contributed by atoms with E-state index in [1.807, 2.05) is 30.3 Å². The maximum atomic E-state index is 13.3. The first kappa shape index (κ1) is 21.4. The summed E-state index contributed by atoms with van der Waals surface area (Å²) in [6.45, 7) is 0. The Morgan fingerprint density at radius 2 is 1.94 bits per heavy atom. The summed E-state index contributed by atoms with van der Waals surface area (Å²) in [5.41, 5.74) is 1.48. The van der Waals surface area contributed by atoms with Crippen LogP contribution in [0.1, 0.15) is 5.56 Å². The summed E-state index contributed by atoms with van der Waals surface area (Å²) in [5, 5.41) is 15.8. The smallest absolute Gasteiger partial charge is 0.282 e. The number of hydrogen-bond donors (Lipinski definition) is 1. The first-order valence-corrected chi connectivity index (χ1v) is 11.4. The van der Waals surface area contributed by atoms with Crippen LogP contribution >= 0.6 is 31.9 Å². The number of phenols is 1. The third-order valence-corrected chi connectivity index (χ3v) is 6.14. The molecule has 2 heterocycles. The summed E-state index contributed by atoms with van der Waals surface area (Å²) in [6.07, 6.45) is 1.49. The van der Waals surface area contributed by atoms with E-state index in [0.717, 1.165) is 9.86 Å². The van der Waals surface area contributed by atoms with Gasteiger partial charge in [0.2, 0.25) is 5.82 Å². The Morgan fingerprint density at radius 3 is 2.76 bits per heavy atom. The molecule has 33 heavy (non-hydrogen) atoms. The number of ether oxygens (including phenoxy) is 1. The zero-order valence-corrected chi connectivity index (χ0v) is 20.3. The van der Waals surface area contributed by atoms with Crippen LogP contribution in [0, 0.1) is 0 Å². The van der Waals surface area contributed by atoms with Crippen LogP contribution in [-0.4, -0.2) is 28.1 Å². The molecule has 0 aliphatic heterocycles. The van der Waals surface area contributed by atoms with E-state index in [1.54, 1.807) is 30.3 Å². The monoisotopic (exact) mass is 567 g/mol. The van der Waals surface area contributed by atoms with Crippen molar-refractivity contribution >= 4 is 59.9 Å². The van der Waals surface area contributed by atoms with Crippen molar-refractivity contribution in [3.05, 3.63) is 85.5 Å². The van der Waals surface area contributed by atoms with Gasteiger partial charge >= 0.3 is 0 Å². The lowest BCUT2D eigenvalue weighted by Gasteiger charge is -2.08. The summed E-state index contributed by atoms with van der Waals surface area (Å²) in [5.74, 6) is 0.936. The first-order valence-electron chi connectivity index (χ1n) is 9.77. The molecule has 0 bridgehead atoms. The molecule has 0 saturated carbocycles. The van der Waals surface area contributed by atoms with Gasteiger partial charge in [-0.1, -0.05) is 28.1 Å². The molecule has 1 N–H and O–H groups in total. The molecular formula is C24H15Br2N3O4. The second kappa shape index (κ2) is 8.49. The molecule has 0 atom stereocenters. The van der Waals surface area contributed by atoms with Crippen molar-refractivity contribution in [2.24, 2.45) is 5.10 Å². The topological polar surface area (TPSA) is 89.9 Å². The summed E-state index contributed by atoms with van der Waals surface area (Å²) < 4.78 is 13.8. The number of nitrogens with zero attached hydrogens (tertiary/aromatic N) is 3. The normalized spacial score (nSPS) is 11.6. The number of phenolic OH excluding ortho intramolecular Hbond substituents is 1. The fourth-order valence-electron chi connectivity index (χ4n) is 3.46. The number of methoxy groups -OCH3 is 1. The lowest BCUT2D eigenvalue weighted by Crippen LogP contribution is -2.20. The lowest BCUT2D eigenvalue weighted by atomic mass is 10.2. The van der Waals surface area contributed by atoms with Crippen LogP contribution in [0.5, 0.6) is 11.5 Å². The summed E-state index contributed by atoms with van der Waals surface area (Å²) in [6, 6.07) is 17.8. The molecule has 0 aliphatic carbocycles.